The number of likely N-dealkylation sites (N-methyl/N-ethyl adjacent to an activating group) is 1. The molecule has 0 amide bonds. The van der Waals surface area contributed by atoms with Crippen molar-refractivity contribution in [1.29, 1.82) is 0 Å². The van der Waals surface area contributed by atoms with Gasteiger partial charge in [0, 0.05) is 12.1 Å². The zero-order chi connectivity index (χ0) is 11.4. The summed E-state index contributed by atoms with van der Waals surface area (Å²) >= 11 is 5.71. The average Bonchev–Trinajstić information content (AvgIpc) is 2.22. The second-order valence-corrected chi connectivity index (χ2v) is 3.44. The van der Waals surface area contributed by atoms with E-state index in [1.165, 1.54) is 19.2 Å². The maximum Gasteiger partial charge on any atom is 0.146 e. The molecule has 1 atom stereocenters. The van der Waals surface area contributed by atoms with Crippen molar-refractivity contribution in [2.45, 2.75) is 6.10 Å². The Kier molecular flexibility index (Phi) is 4.32. The molecular formula is C10H13ClFNO2. The summed E-state index contributed by atoms with van der Waals surface area (Å²) < 4.78 is 18.1. The lowest BCUT2D eigenvalue weighted by Gasteiger charge is -2.15. The minimum absolute atomic E-state index is 0.106. The summed E-state index contributed by atoms with van der Waals surface area (Å²) in [6.45, 7) is 0.346. The molecule has 0 aromatic heterocycles. The van der Waals surface area contributed by atoms with E-state index in [0.29, 0.717) is 12.1 Å². The first-order valence-electron chi connectivity index (χ1n) is 4.46. The van der Waals surface area contributed by atoms with Crippen molar-refractivity contribution < 1.29 is 14.2 Å². The highest BCUT2D eigenvalue weighted by Gasteiger charge is 2.17. The Morgan fingerprint density at radius 1 is 1.60 bits per heavy atom. The van der Waals surface area contributed by atoms with Crippen LogP contribution in [0.5, 0.6) is 5.75 Å². The van der Waals surface area contributed by atoms with Crippen LogP contribution in [0.15, 0.2) is 12.1 Å². The number of ether oxygens (including phenoxy) is 1. The van der Waals surface area contributed by atoms with Crippen LogP contribution in [0.4, 0.5) is 4.39 Å². The van der Waals surface area contributed by atoms with E-state index in [1.54, 1.807) is 7.05 Å². The predicted octanol–water partition coefficient (Wildman–Crippen LogP) is 1.74. The van der Waals surface area contributed by atoms with Gasteiger partial charge in [-0.2, -0.15) is 0 Å². The van der Waals surface area contributed by atoms with Crippen LogP contribution in [0.25, 0.3) is 0 Å². The van der Waals surface area contributed by atoms with Crippen LogP contribution in [0.1, 0.15) is 11.7 Å². The van der Waals surface area contributed by atoms with Crippen molar-refractivity contribution in [3.8, 4) is 5.75 Å². The molecule has 2 N–H and O–H groups in total. The summed E-state index contributed by atoms with van der Waals surface area (Å²) in [7, 11) is 3.09. The normalized spacial score (nSPS) is 12.6. The van der Waals surface area contributed by atoms with Crippen LogP contribution in [-0.4, -0.2) is 25.8 Å². The van der Waals surface area contributed by atoms with Crippen LogP contribution in [0, 0.1) is 5.82 Å². The third kappa shape index (κ3) is 2.59. The van der Waals surface area contributed by atoms with Crippen LogP contribution in [0.2, 0.25) is 5.02 Å². The first-order valence-corrected chi connectivity index (χ1v) is 4.84. The predicted molar refractivity (Wildman–Crippen MR) is 56.8 cm³/mol. The smallest absolute Gasteiger partial charge is 0.146 e. The molecule has 1 unspecified atom stereocenters. The van der Waals surface area contributed by atoms with E-state index < -0.39 is 11.9 Å². The molecule has 0 saturated heterocycles. The van der Waals surface area contributed by atoms with Gasteiger partial charge in [-0.1, -0.05) is 11.6 Å². The first-order chi connectivity index (χ1) is 7.11. The first kappa shape index (κ1) is 12.2. The van der Waals surface area contributed by atoms with Gasteiger partial charge in [-0.05, 0) is 19.2 Å². The molecule has 3 nitrogen and oxygen atoms in total. The summed E-state index contributed by atoms with van der Waals surface area (Å²) in [4.78, 5) is 0. The molecule has 5 heteroatoms. The zero-order valence-corrected chi connectivity index (χ0v) is 9.31. The van der Waals surface area contributed by atoms with Crippen molar-refractivity contribution in [3.63, 3.8) is 0 Å². The van der Waals surface area contributed by atoms with Gasteiger partial charge in [0.25, 0.3) is 0 Å². The van der Waals surface area contributed by atoms with Gasteiger partial charge in [-0.15, -0.1) is 0 Å². The van der Waals surface area contributed by atoms with E-state index in [1.807, 2.05) is 0 Å². The molecule has 1 aromatic rings. The quantitative estimate of drug-likeness (QED) is 0.833. The number of aliphatic hydroxyl groups is 1. The van der Waals surface area contributed by atoms with Crippen LogP contribution in [0.3, 0.4) is 0 Å². The summed E-state index contributed by atoms with van der Waals surface area (Å²) in [5.41, 5.74) is 0.471. The Bertz CT molecular complexity index is 346. The van der Waals surface area contributed by atoms with E-state index >= 15 is 0 Å². The molecule has 0 bridgehead atoms. The van der Waals surface area contributed by atoms with Crippen molar-refractivity contribution >= 4 is 11.6 Å². The molecule has 84 valence electrons. The molecule has 0 aliphatic rings. The molecular weight excluding hydrogens is 221 g/mol. The number of benzene rings is 1. The lowest BCUT2D eigenvalue weighted by atomic mass is 10.1. The number of aliphatic hydroxyl groups excluding tert-OH is 1. The second kappa shape index (κ2) is 5.30. The summed E-state index contributed by atoms with van der Waals surface area (Å²) in [5.74, 6) is -0.381. The SMILES string of the molecule is CNCC(O)c1ccc(F)c(Cl)c1OC. The Morgan fingerprint density at radius 3 is 2.80 bits per heavy atom. The molecule has 0 fully saturated rings. The third-order valence-corrected chi connectivity index (χ3v) is 2.39. The fourth-order valence-corrected chi connectivity index (χ4v) is 1.57. The number of hydrogen-bond acceptors (Lipinski definition) is 3. The topological polar surface area (TPSA) is 41.5 Å². The highest BCUT2D eigenvalue weighted by atomic mass is 35.5. The molecule has 15 heavy (non-hydrogen) atoms. The van der Waals surface area contributed by atoms with Gasteiger partial charge >= 0.3 is 0 Å². The zero-order valence-electron chi connectivity index (χ0n) is 8.55. The lowest BCUT2D eigenvalue weighted by Crippen LogP contribution is -2.17. The molecule has 0 heterocycles. The number of methoxy groups -OCH3 is 1. The fraction of sp³-hybridized carbons (Fsp3) is 0.400. The monoisotopic (exact) mass is 233 g/mol. The van der Waals surface area contributed by atoms with Gasteiger partial charge in [-0.25, -0.2) is 4.39 Å². The van der Waals surface area contributed by atoms with Gasteiger partial charge in [0.15, 0.2) is 0 Å². The van der Waals surface area contributed by atoms with E-state index in [-0.39, 0.29) is 10.8 Å². The van der Waals surface area contributed by atoms with Crippen LogP contribution in [-0.2, 0) is 0 Å². The van der Waals surface area contributed by atoms with E-state index in [2.05, 4.69) is 5.32 Å². The number of hydrogen-bond donors (Lipinski definition) is 2. The number of nitrogens with one attached hydrogen (secondary N) is 1. The molecule has 1 rings (SSSR count). The minimum Gasteiger partial charge on any atom is -0.495 e. The maximum atomic E-state index is 13.1. The van der Waals surface area contributed by atoms with E-state index in [0.717, 1.165) is 0 Å². The van der Waals surface area contributed by atoms with Crippen LogP contribution >= 0.6 is 11.6 Å². The van der Waals surface area contributed by atoms with Gasteiger partial charge < -0.3 is 15.2 Å². The van der Waals surface area contributed by atoms with Crippen molar-refractivity contribution in [2.75, 3.05) is 20.7 Å². The van der Waals surface area contributed by atoms with Crippen LogP contribution < -0.4 is 10.1 Å². The van der Waals surface area contributed by atoms with E-state index in [4.69, 9.17) is 16.3 Å². The highest BCUT2D eigenvalue weighted by Crippen LogP contribution is 2.34. The Morgan fingerprint density at radius 2 is 2.27 bits per heavy atom. The molecule has 0 saturated carbocycles. The van der Waals surface area contributed by atoms with Crippen molar-refractivity contribution in [1.82, 2.24) is 5.32 Å². The van der Waals surface area contributed by atoms with Gasteiger partial charge in [0.2, 0.25) is 0 Å². The Hall–Kier alpha value is -0.840. The molecule has 0 aliphatic heterocycles. The van der Waals surface area contributed by atoms with Crippen molar-refractivity contribution in [2.24, 2.45) is 0 Å². The Labute approximate surface area is 92.8 Å². The molecule has 0 spiro atoms. The maximum absolute atomic E-state index is 13.1. The highest BCUT2D eigenvalue weighted by molar-refractivity contribution is 6.32. The van der Waals surface area contributed by atoms with Gasteiger partial charge in [0.1, 0.15) is 16.6 Å². The third-order valence-electron chi connectivity index (χ3n) is 2.04. The fourth-order valence-electron chi connectivity index (χ4n) is 1.32. The summed E-state index contributed by atoms with van der Waals surface area (Å²) in [6, 6.07) is 2.67. The van der Waals surface area contributed by atoms with Gasteiger partial charge in [-0.3, -0.25) is 0 Å². The molecule has 0 radical (unpaired) electrons. The summed E-state index contributed by atoms with van der Waals surface area (Å²) in [6.07, 6.45) is -0.775. The van der Waals surface area contributed by atoms with Gasteiger partial charge in [0.05, 0.1) is 13.2 Å². The lowest BCUT2D eigenvalue weighted by molar-refractivity contribution is 0.173. The number of rotatable bonds is 4. The Balaban J connectivity index is 3.12. The average molecular weight is 234 g/mol. The number of halogens is 2. The van der Waals surface area contributed by atoms with E-state index in [9.17, 15) is 9.50 Å². The molecule has 1 aromatic carbocycles. The summed E-state index contributed by atoms with van der Waals surface area (Å²) in [5, 5.41) is 12.4. The standard InChI is InChI=1S/C10H13ClFNO2/c1-13-5-8(14)6-3-4-7(12)9(11)10(6)15-2/h3-4,8,13-14H,5H2,1-2H3. The second-order valence-electron chi connectivity index (χ2n) is 3.06. The molecule has 0 aliphatic carbocycles. The minimum atomic E-state index is -0.775. The van der Waals surface area contributed by atoms with Crippen molar-refractivity contribution in [3.05, 3.63) is 28.5 Å². The largest absolute Gasteiger partial charge is 0.495 e.